The van der Waals surface area contributed by atoms with E-state index in [0.29, 0.717) is 0 Å². The monoisotopic (exact) mass is 549 g/mol. The Hall–Kier alpha value is -1.35. The van der Waals surface area contributed by atoms with E-state index >= 15 is 0 Å². The number of hydrogen-bond donors (Lipinski definition) is 11. The van der Waals surface area contributed by atoms with Gasteiger partial charge in [-0.25, -0.2) is 0 Å². The highest BCUT2D eigenvalue weighted by Crippen LogP contribution is 2.30. The molecule has 17 N–H and O–H groups in total. The fourth-order valence-electron chi connectivity index (χ4n) is 4.83. The molecule has 3 aliphatic rings. The Labute approximate surface area is 220 Å². The van der Waals surface area contributed by atoms with E-state index in [2.05, 4.69) is 5.32 Å². The maximum absolute atomic E-state index is 12.6. The summed E-state index contributed by atoms with van der Waals surface area (Å²) in [5, 5.41) is 43.1. The molecule has 16 heteroatoms. The van der Waals surface area contributed by atoms with E-state index in [-0.39, 0.29) is 25.9 Å². The van der Waals surface area contributed by atoms with Crippen molar-refractivity contribution in [3.63, 3.8) is 0 Å². The second-order valence-corrected chi connectivity index (χ2v) is 9.91. The molecule has 1 saturated carbocycles. The van der Waals surface area contributed by atoms with Gasteiger partial charge in [0.05, 0.1) is 49.1 Å². The summed E-state index contributed by atoms with van der Waals surface area (Å²) >= 11 is 0. The lowest BCUT2D eigenvalue weighted by molar-refractivity contribution is -0.300. The van der Waals surface area contributed by atoms with Crippen molar-refractivity contribution in [2.24, 2.45) is 34.4 Å². The summed E-state index contributed by atoms with van der Waals surface area (Å²) in [6.07, 6.45) is -6.58. The lowest BCUT2D eigenvalue weighted by Gasteiger charge is -2.48. The fourth-order valence-corrected chi connectivity index (χ4v) is 4.83. The average Bonchev–Trinajstić information content (AvgIpc) is 2.89. The summed E-state index contributed by atoms with van der Waals surface area (Å²) in [6.45, 7) is -0.308. The van der Waals surface area contributed by atoms with Crippen LogP contribution in [-0.2, 0) is 23.7 Å². The number of amides is 1. The van der Waals surface area contributed by atoms with E-state index in [1.54, 1.807) is 12.2 Å². The van der Waals surface area contributed by atoms with Gasteiger partial charge >= 0.3 is 0 Å². The predicted octanol–water partition coefficient (Wildman–Crippen LogP) is -6.66. The smallest absolute Gasteiger partial charge is 0.249 e. The molecule has 0 bridgehead atoms. The molecule has 3 rings (SSSR count). The second-order valence-electron chi connectivity index (χ2n) is 9.91. The molecule has 0 aromatic carbocycles. The van der Waals surface area contributed by atoms with Gasteiger partial charge in [0.2, 0.25) is 5.91 Å². The number of aliphatic hydroxyl groups excluding tert-OH is 4. The molecule has 0 aromatic rings. The van der Waals surface area contributed by atoms with Gasteiger partial charge in [0.25, 0.3) is 0 Å². The standard InChI is InChI=1S/C22H43N7O9/c23-4-3-12(31)20(34)29-11-5-10(26)18(37-21-9(25)2-1-8(6-24)35-21)15(28)19(11)38-22-17(33)14(27)16(32)13(7-30)36-22/h1-2,8-19,21-22,30-33H,3-7,23-28H2,(H,29,34)/t8-,9+,10-,11+,12-,13+,14-,15+,16-,17+,18+,19-,21+,22+/m0/s1. The molecular weight excluding hydrogens is 506 g/mol. The summed E-state index contributed by atoms with van der Waals surface area (Å²) in [6, 6.07) is -4.45. The molecule has 2 aliphatic heterocycles. The number of carbonyl (C=O) groups excluding carboxylic acids is 1. The van der Waals surface area contributed by atoms with E-state index in [0.717, 1.165) is 0 Å². The zero-order valence-electron chi connectivity index (χ0n) is 21.1. The van der Waals surface area contributed by atoms with Crippen LogP contribution in [0, 0.1) is 0 Å². The molecule has 14 atom stereocenters. The van der Waals surface area contributed by atoms with Crippen molar-refractivity contribution in [3.8, 4) is 0 Å². The highest BCUT2D eigenvalue weighted by Gasteiger charge is 2.50. The van der Waals surface area contributed by atoms with Crippen LogP contribution in [0.4, 0.5) is 0 Å². The number of rotatable bonds is 10. The number of nitrogens with one attached hydrogen (secondary N) is 1. The first-order valence-corrected chi connectivity index (χ1v) is 12.7. The van der Waals surface area contributed by atoms with E-state index in [4.69, 9.17) is 53.3 Å². The summed E-state index contributed by atoms with van der Waals surface area (Å²) in [4.78, 5) is 12.6. The van der Waals surface area contributed by atoms with Crippen molar-refractivity contribution in [2.75, 3.05) is 19.7 Å². The van der Waals surface area contributed by atoms with Gasteiger partial charge in [0, 0.05) is 12.6 Å². The highest BCUT2D eigenvalue weighted by molar-refractivity contribution is 5.80. The first kappa shape index (κ1) is 31.2. The van der Waals surface area contributed by atoms with Crippen molar-refractivity contribution in [3.05, 3.63) is 12.2 Å². The zero-order chi connectivity index (χ0) is 28.1. The van der Waals surface area contributed by atoms with Crippen LogP contribution in [0.2, 0.25) is 0 Å². The molecule has 2 heterocycles. The Balaban J connectivity index is 1.83. The molecule has 220 valence electrons. The van der Waals surface area contributed by atoms with Crippen LogP contribution in [0.5, 0.6) is 0 Å². The number of carbonyl (C=O) groups is 1. The molecule has 1 aliphatic carbocycles. The van der Waals surface area contributed by atoms with Crippen LogP contribution in [-0.4, -0.2) is 132 Å². The number of hydrogen-bond acceptors (Lipinski definition) is 15. The summed E-state index contributed by atoms with van der Waals surface area (Å²) in [7, 11) is 0. The molecule has 0 unspecified atom stereocenters. The van der Waals surface area contributed by atoms with Crippen molar-refractivity contribution in [2.45, 2.75) is 98.4 Å². The minimum Gasteiger partial charge on any atom is -0.394 e. The van der Waals surface area contributed by atoms with Gasteiger partial charge in [-0.3, -0.25) is 4.79 Å². The van der Waals surface area contributed by atoms with E-state index < -0.39 is 98.0 Å². The Kier molecular flexibility index (Phi) is 11.3. The molecule has 38 heavy (non-hydrogen) atoms. The topological polar surface area (TPSA) is 303 Å². The Morgan fingerprint density at radius 2 is 1.68 bits per heavy atom. The SMILES string of the molecule is NCC[C@H](O)C(=O)N[C@@H]1C[C@H](N)[C@@H](O[C@H]2O[C@H](CN)C=C[C@H]2N)[C@@H](N)[C@H]1O[C@H]1O[C@H](CO)[C@H](O)[C@H](N)[C@H]1O. The van der Waals surface area contributed by atoms with Crippen LogP contribution < -0.4 is 39.7 Å². The van der Waals surface area contributed by atoms with Gasteiger partial charge in [0.1, 0.15) is 24.4 Å². The minimum absolute atomic E-state index is 0.0238. The largest absolute Gasteiger partial charge is 0.394 e. The Morgan fingerprint density at radius 1 is 1.00 bits per heavy atom. The number of ether oxygens (including phenoxy) is 4. The van der Waals surface area contributed by atoms with Gasteiger partial charge in [-0.15, -0.1) is 0 Å². The first-order chi connectivity index (χ1) is 18.0. The summed E-state index contributed by atoms with van der Waals surface area (Å²) in [5.41, 5.74) is 36.1. The average molecular weight is 550 g/mol. The fraction of sp³-hybridized carbons (Fsp3) is 0.864. The number of nitrogens with two attached hydrogens (primary N) is 6. The molecular formula is C22H43N7O9. The van der Waals surface area contributed by atoms with Gasteiger partial charge in [-0.2, -0.15) is 0 Å². The van der Waals surface area contributed by atoms with Crippen LogP contribution in [0.3, 0.4) is 0 Å². The Morgan fingerprint density at radius 3 is 2.32 bits per heavy atom. The summed E-state index contributed by atoms with van der Waals surface area (Å²) in [5.74, 6) is -0.716. The molecule has 1 amide bonds. The van der Waals surface area contributed by atoms with Crippen molar-refractivity contribution in [1.82, 2.24) is 5.32 Å². The molecule has 0 aromatic heterocycles. The lowest BCUT2D eigenvalue weighted by Crippen LogP contribution is -2.71. The molecule has 0 radical (unpaired) electrons. The van der Waals surface area contributed by atoms with E-state index in [9.17, 15) is 25.2 Å². The predicted molar refractivity (Wildman–Crippen MR) is 132 cm³/mol. The molecule has 1 saturated heterocycles. The quantitative estimate of drug-likeness (QED) is 0.113. The van der Waals surface area contributed by atoms with Crippen molar-refractivity contribution in [1.29, 1.82) is 0 Å². The third kappa shape index (κ3) is 7.04. The van der Waals surface area contributed by atoms with Crippen LogP contribution in [0.25, 0.3) is 0 Å². The van der Waals surface area contributed by atoms with Crippen molar-refractivity contribution < 1.29 is 44.2 Å². The third-order valence-corrected chi connectivity index (χ3v) is 7.10. The zero-order valence-corrected chi connectivity index (χ0v) is 21.1. The third-order valence-electron chi connectivity index (χ3n) is 7.10. The van der Waals surface area contributed by atoms with E-state index in [1.165, 1.54) is 0 Å². The summed E-state index contributed by atoms with van der Waals surface area (Å²) < 4.78 is 23.5. The van der Waals surface area contributed by atoms with Crippen LogP contribution >= 0.6 is 0 Å². The van der Waals surface area contributed by atoms with Crippen LogP contribution in [0.1, 0.15) is 12.8 Å². The number of aliphatic hydroxyl groups is 4. The molecule has 16 nitrogen and oxygen atoms in total. The van der Waals surface area contributed by atoms with Gasteiger partial charge in [-0.1, -0.05) is 12.2 Å². The van der Waals surface area contributed by atoms with Crippen LogP contribution in [0.15, 0.2) is 12.2 Å². The van der Waals surface area contributed by atoms with Gasteiger partial charge in [-0.05, 0) is 19.4 Å². The minimum atomic E-state index is -1.50. The normalized spacial score (nSPS) is 44.5. The molecule has 0 spiro atoms. The first-order valence-electron chi connectivity index (χ1n) is 12.7. The van der Waals surface area contributed by atoms with E-state index in [1.807, 2.05) is 0 Å². The van der Waals surface area contributed by atoms with Gasteiger partial charge < -0.3 is 79.1 Å². The highest BCUT2D eigenvalue weighted by atomic mass is 16.7. The lowest BCUT2D eigenvalue weighted by atomic mass is 9.82. The van der Waals surface area contributed by atoms with Gasteiger partial charge in [0.15, 0.2) is 12.6 Å². The maximum atomic E-state index is 12.6. The van der Waals surface area contributed by atoms with Crippen molar-refractivity contribution >= 4 is 5.91 Å². The second kappa shape index (κ2) is 13.8. The Bertz CT molecular complexity index is 796. The molecule has 2 fully saturated rings. The maximum Gasteiger partial charge on any atom is 0.249 e.